The van der Waals surface area contributed by atoms with Crippen molar-refractivity contribution in [2.75, 3.05) is 39.0 Å². The molecule has 3 amide bonds. The molecule has 0 fully saturated rings. The predicted molar refractivity (Wildman–Crippen MR) is 92.8 cm³/mol. The standard InChI is InChI=1S/C16H27N5O3/c1-12(22)19-13-10-14(21(4)11-13)16(24)18-8-6-15(23)17-7-5-9-20(2)3/h10-11H,5-9H2,1-4H3,(H,17,23)(H,18,24)(H,19,22). The minimum Gasteiger partial charge on any atom is -0.356 e. The lowest BCUT2D eigenvalue weighted by atomic mass is 10.3. The van der Waals surface area contributed by atoms with E-state index in [-0.39, 0.29) is 30.7 Å². The van der Waals surface area contributed by atoms with Crippen LogP contribution in [0.25, 0.3) is 0 Å². The number of hydrogen-bond acceptors (Lipinski definition) is 4. The lowest BCUT2D eigenvalue weighted by Crippen LogP contribution is -2.32. The van der Waals surface area contributed by atoms with Gasteiger partial charge in [0.1, 0.15) is 5.69 Å². The number of aryl methyl sites for hydroxylation is 1. The second kappa shape index (κ2) is 9.71. The molecular formula is C16H27N5O3. The third-order valence-corrected chi connectivity index (χ3v) is 3.30. The summed E-state index contributed by atoms with van der Waals surface area (Å²) in [5.74, 6) is -0.562. The molecule has 0 unspecified atom stereocenters. The van der Waals surface area contributed by atoms with Gasteiger partial charge in [-0.25, -0.2) is 0 Å². The molecule has 0 spiro atoms. The lowest BCUT2D eigenvalue weighted by Gasteiger charge is -2.10. The maximum atomic E-state index is 12.1. The van der Waals surface area contributed by atoms with Gasteiger partial charge in [0.25, 0.3) is 5.91 Å². The Kier molecular flexibility index (Phi) is 7.97. The molecule has 8 heteroatoms. The monoisotopic (exact) mass is 337 g/mol. The van der Waals surface area contributed by atoms with Crippen LogP contribution in [0.3, 0.4) is 0 Å². The predicted octanol–water partition coefficient (Wildman–Crippen LogP) is 0.171. The Hall–Kier alpha value is -2.35. The average Bonchev–Trinajstić information content (AvgIpc) is 2.83. The number of nitrogens with zero attached hydrogens (tertiary/aromatic N) is 2. The molecule has 134 valence electrons. The fraction of sp³-hybridized carbons (Fsp3) is 0.562. The maximum absolute atomic E-state index is 12.1. The smallest absolute Gasteiger partial charge is 0.267 e. The van der Waals surface area contributed by atoms with E-state index < -0.39 is 0 Å². The first-order valence-electron chi connectivity index (χ1n) is 7.93. The van der Waals surface area contributed by atoms with Crippen molar-refractivity contribution in [3.05, 3.63) is 18.0 Å². The van der Waals surface area contributed by atoms with Gasteiger partial charge < -0.3 is 25.4 Å². The Morgan fingerprint density at radius 2 is 1.88 bits per heavy atom. The first-order chi connectivity index (χ1) is 11.3. The van der Waals surface area contributed by atoms with Crippen molar-refractivity contribution in [2.45, 2.75) is 19.8 Å². The van der Waals surface area contributed by atoms with Crippen LogP contribution in [0.5, 0.6) is 0 Å². The minimum atomic E-state index is -0.283. The Balaban J connectivity index is 2.32. The molecule has 24 heavy (non-hydrogen) atoms. The van der Waals surface area contributed by atoms with E-state index in [1.54, 1.807) is 23.9 Å². The van der Waals surface area contributed by atoms with E-state index in [0.29, 0.717) is 17.9 Å². The first kappa shape index (κ1) is 19.7. The minimum absolute atomic E-state index is 0.0835. The van der Waals surface area contributed by atoms with Gasteiger partial charge in [0.05, 0.1) is 5.69 Å². The molecule has 0 bridgehead atoms. The summed E-state index contributed by atoms with van der Waals surface area (Å²) >= 11 is 0. The summed E-state index contributed by atoms with van der Waals surface area (Å²) < 4.78 is 1.63. The van der Waals surface area contributed by atoms with Gasteiger partial charge in [-0.05, 0) is 33.1 Å². The second-order valence-electron chi connectivity index (χ2n) is 5.92. The van der Waals surface area contributed by atoms with Crippen molar-refractivity contribution in [1.82, 2.24) is 20.1 Å². The number of hydrogen-bond donors (Lipinski definition) is 3. The zero-order chi connectivity index (χ0) is 18.1. The quantitative estimate of drug-likeness (QED) is 0.560. The molecule has 0 atom stereocenters. The highest BCUT2D eigenvalue weighted by molar-refractivity contribution is 5.96. The first-order valence-corrected chi connectivity index (χ1v) is 7.93. The van der Waals surface area contributed by atoms with E-state index in [1.165, 1.54) is 6.92 Å². The Bertz CT molecular complexity index is 580. The van der Waals surface area contributed by atoms with Gasteiger partial charge in [0.15, 0.2) is 0 Å². The highest BCUT2D eigenvalue weighted by atomic mass is 16.2. The summed E-state index contributed by atoms with van der Waals surface area (Å²) in [6.45, 7) is 3.22. The normalized spacial score (nSPS) is 10.5. The average molecular weight is 337 g/mol. The van der Waals surface area contributed by atoms with Gasteiger partial charge in [0, 0.05) is 39.7 Å². The summed E-state index contributed by atoms with van der Waals surface area (Å²) in [6.07, 6.45) is 2.78. The maximum Gasteiger partial charge on any atom is 0.267 e. The summed E-state index contributed by atoms with van der Waals surface area (Å²) in [7, 11) is 5.69. The molecule has 0 aliphatic heterocycles. The van der Waals surface area contributed by atoms with E-state index in [9.17, 15) is 14.4 Å². The van der Waals surface area contributed by atoms with Crippen LogP contribution >= 0.6 is 0 Å². The van der Waals surface area contributed by atoms with Crippen molar-refractivity contribution < 1.29 is 14.4 Å². The van der Waals surface area contributed by atoms with Gasteiger partial charge in [-0.15, -0.1) is 0 Å². The fourth-order valence-electron chi connectivity index (χ4n) is 2.15. The molecule has 1 aromatic heterocycles. The van der Waals surface area contributed by atoms with Crippen molar-refractivity contribution in [1.29, 1.82) is 0 Å². The molecule has 1 rings (SSSR count). The molecule has 0 aliphatic carbocycles. The van der Waals surface area contributed by atoms with Crippen LogP contribution in [0, 0.1) is 0 Å². The van der Waals surface area contributed by atoms with E-state index in [1.807, 2.05) is 14.1 Å². The number of carbonyl (C=O) groups excluding carboxylic acids is 3. The van der Waals surface area contributed by atoms with Gasteiger partial charge in [-0.2, -0.15) is 0 Å². The number of amides is 3. The molecule has 1 heterocycles. The van der Waals surface area contributed by atoms with Crippen LogP contribution in [-0.2, 0) is 16.6 Å². The van der Waals surface area contributed by atoms with Crippen LogP contribution < -0.4 is 16.0 Å². The van der Waals surface area contributed by atoms with Gasteiger partial charge >= 0.3 is 0 Å². The Morgan fingerprint density at radius 3 is 2.50 bits per heavy atom. The molecule has 0 aromatic carbocycles. The summed E-state index contributed by atoms with van der Waals surface area (Å²) in [6, 6.07) is 1.60. The van der Waals surface area contributed by atoms with Crippen LogP contribution in [0.4, 0.5) is 5.69 Å². The molecule has 0 saturated carbocycles. The van der Waals surface area contributed by atoms with Crippen LogP contribution in [0.1, 0.15) is 30.3 Å². The lowest BCUT2D eigenvalue weighted by molar-refractivity contribution is -0.121. The third-order valence-electron chi connectivity index (χ3n) is 3.30. The molecular weight excluding hydrogens is 310 g/mol. The molecule has 3 N–H and O–H groups in total. The number of carbonyl (C=O) groups is 3. The Morgan fingerprint density at radius 1 is 1.17 bits per heavy atom. The van der Waals surface area contributed by atoms with Crippen molar-refractivity contribution in [3.63, 3.8) is 0 Å². The van der Waals surface area contributed by atoms with E-state index >= 15 is 0 Å². The van der Waals surface area contributed by atoms with E-state index in [4.69, 9.17) is 0 Å². The molecule has 0 radical (unpaired) electrons. The van der Waals surface area contributed by atoms with Gasteiger partial charge in [-0.1, -0.05) is 0 Å². The summed E-state index contributed by atoms with van der Waals surface area (Å²) in [4.78, 5) is 36.9. The molecule has 0 saturated heterocycles. The molecule has 8 nitrogen and oxygen atoms in total. The highest BCUT2D eigenvalue weighted by Gasteiger charge is 2.12. The number of anilines is 1. The largest absolute Gasteiger partial charge is 0.356 e. The fourth-order valence-corrected chi connectivity index (χ4v) is 2.15. The van der Waals surface area contributed by atoms with Crippen molar-refractivity contribution in [2.24, 2.45) is 7.05 Å². The zero-order valence-electron chi connectivity index (χ0n) is 14.8. The van der Waals surface area contributed by atoms with Crippen molar-refractivity contribution in [3.8, 4) is 0 Å². The number of aromatic nitrogens is 1. The zero-order valence-corrected chi connectivity index (χ0v) is 14.8. The van der Waals surface area contributed by atoms with Crippen LogP contribution in [0.15, 0.2) is 12.3 Å². The second-order valence-corrected chi connectivity index (χ2v) is 5.92. The molecule has 1 aromatic rings. The van der Waals surface area contributed by atoms with Crippen molar-refractivity contribution >= 4 is 23.4 Å². The van der Waals surface area contributed by atoms with E-state index in [2.05, 4.69) is 20.9 Å². The van der Waals surface area contributed by atoms with E-state index in [0.717, 1.165) is 13.0 Å². The summed E-state index contributed by atoms with van der Waals surface area (Å²) in [5.41, 5.74) is 0.985. The Labute approximate surface area is 142 Å². The number of nitrogens with one attached hydrogen (secondary N) is 3. The topological polar surface area (TPSA) is 95.5 Å². The summed E-state index contributed by atoms with van der Waals surface area (Å²) in [5, 5.41) is 8.15. The van der Waals surface area contributed by atoms with Gasteiger partial charge in [-0.3, -0.25) is 14.4 Å². The number of rotatable bonds is 9. The third kappa shape index (κ3) is 7.28. The van der Waals surface area contributed by atoms with Crippen LogP contribution in [0.2, 0.25) is 0 Å². The SMILES string of the molecule is CC(=O)Nc1cc(C(=O)NCCC(=O)NCCCN(C)C)n(C)c1. The van der Waals surface area contributed by atoms with Crippen LogP contribution in [-0.4, -0.2) is 60.9 Å². The van der Waals surface area contributed by atoms with Gasteiger partial charge in [0.2, 0.25) is 11.8 Å². The highest BCUT2D eigenvalue weighted by Crippen LogP contribution is 2.12. The molecule has 0 aliphatic rings.